The van der Waals surface area contributed by atoms with Gasteiger partial charge in [-0.1, -0.05) is 32.0 Å². The molecule has 1 aromatic carbocycles. The van der Waals surface area contributed by atoms with Gasteiger partial charge in [0.15, 0.2) is 0 Å². The molecule has 1 saturated heterocycles. The SMILES string of the molecule is CCC1(CC)C(O)C1(O)CN1CCN(c2ccccc2)CC1. The maximum absolute atomic E-state index is 10.8. The summed E-state index contributed by atoms with van der Waals surface area (Å²) in [5.74, 6) is 0. The van der Waals surface area contributed by atoms with Crippen molar-refractivity contribution in [1.29, 1.82) is 0 Å². The van der Waals surface area contributed by atoms with Crippen LogP contribution in [0.4, 0.5) is 5.69 Å². The molecule has 4 nitrogen and oxygen atoms in total. The molecule has 22 heavy (non-hydrogen) atoms. The number of aliphatic hydroxyl groups is 2. The van der Waals surface area contributed by atoms with Crippen LogP contribution in [-0.4, -0.2) is 59.5 Å². The van der Waals surface area contributed by atoms with Crippen molar-refractivity contribution in [3.8, 4) is 0 Å². The number of hydrogen-bond acceptors (Lipinski definition) is 4. The zero-order valence-electron chi connectivity index (χ0n) is 13.7. The van der Waals surface area contributed by atoms with E-state index >= 15 is 0 Å². The van der Waals surface area contributed by atoms with Crippen molar-refractivity contribution in [1.82, 2.24) is 4.90 Å². The Labute approximate surface area is 133 Å². The first-order chi connectivity index (χ1) is 10.6. The van der Waals surface area contributed by atoms with Crippen LogP contribution in [0.2, 0.25) is 0 Å². The van der Waals surface area contributed by atoms with Gasteiger partial charge >= 0.3 is 0 Å². The smallest absolute Gasteiger partial charge is 0.112 e. The van der Waals surface area contributed by atoms with Crippen molar-refractivity contribution >= 4 is 5.69 Å². The minimum atomic E-state index is -0.911. The number of benzene rings is 1. The molecule has 0 aromatic heterocycles. The normalized spacial score (nSPS) is 31.3. The summed E-state index contributed by atoms with van der Waals surface area (Å²) in [5, 5.41) is 21.1. The molecule has 2 fully saturated rings. The first kappa shape index (κ1) is 15.8. The Hall–Kier alpha value is -1.10. The van der Waals surface area contributed by atoms with Crippen molar-refractivity contribution < 1.29 is 10.2 Å². The molecular formula is C18H28N2O2. The number of nitrogens with zero attached hydrogens (tertiary/aromatic N) is 2. The quantitative estimate of drug-likeness (QED) is 0.869. The highest BCUT2D eigenvalue weighted by Gasteiger charge is 2.74. The minimum absolute atomic E-state index is 0.288. The van der Waals surface area contributed by atoms with E-state index in [4.69, 9.17) is 0 Å². The van der Waals surface area contributed by atoms with Crippen LogP contribution in [0.15, 0.2) is 30.3 Å². The van der Waals surface area contributed by atoms with Crippen LogP contribution >= 0.6 is 0 Å². The molecule has 2 atom stereocenters. The molecule has 0 amide bonds. The Morgan fingerprint density at radius 2 is 1.64 bits per heavy atom. The van der Waals surface area contributed by atoms with Crippen molar-refractivity contribution in [2.24, 2.45) is 5.41 Å². The summed E-state index contributed by atoms with van der Waals surface area (Å²) in [6, 6.07) is 10.5. The van der Waals surface area contributed by atoms with Crippen LogP contribution in [0.5, 0.6) is 0 Å². The Bertz CT molecular complexity index is 495. The molecule has 2 unspecified atom stereocenters. The van der Waals surface area contributed by atoms with Crippen molar-refractivity contribution in [3.05, 3.63) is 30.3 Å². The summed E-state index contributed by atoms with van der Waals surface area (Å²) >= 11 is 0. The Morgan fingerprint density at radius 1 is 1.05 bits per heavy atom. The maximum Gasteiger partial charge on any atom is 0.112 e. The van der Waals surface area contributed by atoms with Crippen LogP contribution in [0, 0.1) is 5.41 Å². The fourth-order valence-electron chi connectivity index (χ4n) is 4.26. The van der Waals surface area contributed by atoms with Gasteiger partial charge in [0.2, 0.25) is 0 Å². The third-order valence-corrected chi connectivity index (χ3v) is 5.97. The summed E-state index contributed by atoms with van der Waals surface area (Å²) in [6.07, 6.45) is 1.11. The lowest BCUT2D eigenvalue weighted by molar-refractivity contribution is 0.0312. The number of aliphatic hydroxyl groups excluding tert-OH is 1. The van der Waals surface area contributed by atoms with E-state index in [1.165, 1.54) is 5.69 Å². The summed E-state index contributed by atoms with van der Waals surface area (Å²) in [4.78, 5) is 4.69. The van der Waals surface area contributed by atoms with Gasteiger partial charge < -0.3 is 15.1 Å². The standard InChI is InChI=1S/C18H28N2O2/c1-3-17(4-2)16(21)18(17,22)14-19-10-12-20(13-11-19)15-8-6-5-7-9-15/h5-9,16,21-22H,3-4,10-14H2,1-2H3. The fraction of sp³-hybridized carbons (Fsp3) is 0.667. The molecule has 4 heteroatoms. The van der Waals surface area contributed by atoms with Gasteiger partial charge in [-0.15, -0.1) is 0 Å². The highest BCUT2D eigenvalue weighted by Crippen LogP contribution is 2.61. The van der Waals surface area contributed by atoms with Crippen molar-refractivity contribution in [2.45, 2.75) is 38.4 Å². The number of anilines is 1. The first-order valence-electron chi connectivity index (χ1n) is 8.50. The monoisotopic (exact) mass is 304 g/mol. The third kappa shape index (κ3) is 2.34. The lowest BCUT2D eigenvalue weighted by Crippen LogP contribution is -2.50. The third-order valence-electron chi connectivity index (χ3n) is 5.97. The van der Waals surface area contributed by atoms with Gasteiger partial charge in [-0.05, 0) is 25.0 Å². The summed E-state index contributed by atoms with van der Waals surface area (Å²) in [7, 11) is 0. The molecule has 1 saturated carbocycles. The van der Waals surface area contributed by atoms with Crippen LogP contribution in [0.25, 0.3) is 0 Å². The number of β-amino-alcohol motifs (C(OH)–C–C–N with tert-alkyl or cyclic N) is 1. The van der Waals surface area contributed by atoms with Gasteiger partial charge in [0.25, 0.3) is 0 Å². The van der Waals surface area contributed by atoms with E-state index in [-0.39, 0.29) is 5.41 Å². The van der Waals surface area contributed by atoms with Gasteiger partial charge in [-0.25, -0.2) is 0 Å². The predicted molar refractivity (Wildman–Crippen MR) is 89.1 cm³/mol. The molecule has 3 rings (SSSR count). The van der Waals surface area contributed by atoms with E-state index in [0.29, 0.717) is 6.54 Å². The van der Waals surface area contributed by atoms with E-state index < -0.39 is 11.7 Å². The van der Waals surface area contributed by atoms with E-state index in [1.807, 2.05) is 6.07 Å². The lowest BCUT2D eigenvalue weighted by Gasteiger charge is -2.37. The molecule has 1 aliphatic carbocycles. The molecule has 0 bridgehead atoms. The topological polar surface area (TPSA) is 46.9 Å². The molecule has 1 heterocycles. The van der Waals surface area contributed by atoms with Crippen molar-refractivity contribution in [2.75, 3.05) is 37.6 Å². The van der Waals surface area contributed by atoms with Gasteiger partial charge in [0, 0.05) is 43.8 Å². The van der Waals surface area contributed by atoms with E-state index in [1.54, 1.807) is 0 Å². The van der Waals surface area contributed by atoms with E-state index in [2.05, 4.69) is 47.9 Å². The van der Waals surface area contributed by atoms with Gasteiger partial charge in [-0.3, -0.25) is 4.90 Å². The van der Waals surface area contributed by atoms with Gasteiger partial charge in [0.1, 0.15) is 5.60 Å². The number of rotatable bonds is 5. The maximum atomic E-state index is 10.8. The fourth-order valence-corrected chi connectivity index (χ4v) is 4.26. The second kappa shape index (κ2) is 5.84. The predicted octanol–water partition coefficient (Wildman–Crippen LogP) is 1.72. The van der Waals surface area contributed by atoms with Crippen LogP contribution in [0.1, 0.15) is 26.7 Å². The molecular weight excluding hydrogens is 276 g/mol. The molecule has 1 aliphatic heterocycles. The number of hydrogen-bond donors (Lipinski definition) is 2. The summed E-state index contributed by atoms with van der Waals surface area (Å²) < 4.78 is 0. The Balaban J connectivity index is 1.57. The van der Waals surface area contributed by atoms with E-state index in [0.717, 1.165) is 39.0 Å². The van der Waals surface area contributed by atoms with Crippen LogP contribution < -0.4 is 4.90 Å². The zero-order chi connectivity index (χ0) is 15.8. The van der Waals surface area contributed by atoms with Crippen LogP contribution in [0.3, 0.4) is 0 Å². The molecule has 122 valence electrons. The lowest BCUT2D eigenvalue weighted by atomic mass is 9.94. The summed E-state index contributed by atoms with van der Waals surface area (Å²) in [5.41, 5.74) is 0.0680. The number of piperazine rings is 1. The van der Waals surface area contributed by atoms with Crippen molar-refractivity contribution in [3.63, 3.8) is 0 Å². The summed E-state index contributed by atoms with van der Waals surface area (Å²) in [6.45, 7) is 8.55. The second-order valence-electron chi connectivity index (χ2n) is 6.79. The minimum Gasteiger partial charge on any atom is -0.389 e. The highest BCUT2D eigenvalue weighted by atomic mass is 16.4. The first-order valence-corrected chi connectivity index (χ1v) is 8.50. The van der Waals surface area contributed by atoms with E-state index in [9.17, 15) is 10.2 Å². The number of para-hydroxylation sites is 1. The van der Waals surface area contributed by atoms with Gasteiger partial charge in [0.05, 0.1) is 6.10 Å². The zero-order valence-corrected chi connectivity index (χ0v) is 13.7. The molecule has 2 N–H and O–H groups in total. The largest absolute Gasteiger partial charge is 0.389 e. The van der Waals surface area contributed by atoms with Crippen LogP contribution in [-0.2, 0) is 0 Å². The Morgan fingerprint density at radius 3 is 2.14 bits per heavy atom. The second-order valence-corrected chi connectivity index (χ2v) is 6.79. The molecule has 0 spiro atoms. The highest BCUT2D eigenvalue weighted by molar-refractivity contribution is 5.46. The average Bonchev–Trinajstić information content (AvgIpc) is 3.03. The van der Waals surface area contributed by atoms with Gasteiger partial charge in [-0.2, -0.15) is 0 Å². The Kier molecular flexibility index (Phi) is 4.19. The molecule has 1 aromatic rings. The molecule has 0 radical (unpaired) electrons. The average molecular weight is 304 g/mol. The molecule has 2 aliphatic rings.